The highest BCUT2D eigenvalue weighted by molar-refractivity contribution is 9.10. The van der Waals surface area contributed by atoms with E-state index in [4.69, 9.17) is 9.47 Å². The summed E-state index contributed by atoms with van der Waals surface area (Å²) in [5.74, 6) is 0.850. The smallest absolute Gasteiger partial charge is 0.261 e. The number of rotatable bonds is 11. The van der Waals surface area contributed by atoms with Crippen LogP contribution in [-0.2, 0) is 16.1 Å². The number of amides is 2. The van der Waals surface area contributed by atoms with E-state index in [-0.39, 0.29) is 31.0 Å². The molecule has 0 radical (unpaired) electrons. The SMILES string of the molecule is CC[C@@H](C)NC(=O)[C@H](CC)N(Cc1cccc(OC)c1)C(=O)COc1ccc2ccccc2c1Br. The molecule has 0 saturated heterocycles. The molecule has 0 saturated carbocycles. The Labute approximate surface area is 215 Å². The third kappa shape index (κ3) is 6.75. The van der Waals surface area contributed by atoms with Gasteiger partial charge in [0.15, 0.2) is 6.61 Å². The number of hydrogen-bond donors (Lipinski definition) is 1. The van der Waals surface area contributed by atoms with Gasteiger partial charge in [0, 0.05) is 12.6 Å². The summed E-state index contributed by atoms with van der Waals surface area (Å²) < 4.78 is 12.1. The van der Waals surface area contributed by atoms with Crippen LogP contribution in [0.3, 0.4) is 0 Å². The molecule has 3 aromatic carbocycles. The number of ether oxygens (including phenoxy) is 2. The van der Waals surface area contributed by atoms with E-state index in [1.54, 1.807) is 12.0 Å². The van der Waals surface area contributed by atoms with Crippen molar-refractivity contribution in [1.82, 2.24) is 10.2 Å². The molecule has 186 valence electrons. The Hall–Kier alpha value is -3.06. The summed E-state index contributed by atoms with van der Waals surface area (Å²) in [6, 6.07) is 18.7. The van der Waals surface area contributed by atoms with Gasteiger partial charge in [-0.05, 0) is 70.2 Å². The lowest BCUT2D eigenvalue weighted by molar-refractivity contribution is -0.143. The highest BCUT2D eigenvalue weighted by Crippen LogP contribution is 2.33. The van der Waals surface area contributed by atoms with Gasteiger partial charge < -0.3 is 19.7 Å². The first-order valence-electron chi connectivity index (χ1n) is 11.9. The number of methoxy groups -OCH3 is 1. The van der Waals surface area contributed by atoms with Crippen molar-refractivity contribution in [3.8, 4) is 11.5 Å². The van der Waals surface area contributed by atoms with Crippen LogP contribution in [0.1, 0.15) is 39.2 Å². The van der Waals surface area contributed by atoms with E-state index in [0.717, 1.165) is 27.2 Å². The molecule has 0 aliphatic carbocycles. The van der Waals surface area contributed by atoms with Crippen LogP contribution in [0.25, 0.3) is 10.8 Å². The van der Waals surface area contributed by atoms with Crippen molar-refractivity contribution in [1.29, 1.82) is 0 Å². The maximum absolute atomic E-state index is 13.5. The topological polar surface area (TPSA) is 67.9 Å². The normalized spacial score (nSPS) is 12.6. The van der Waals surface area contributed by atoms with Gasteiger partial charge in [-0.25, -0.2) is 0 Å². The molecule has 3 aromatic rings. The molecular weight excluding hydrogens is 508 g/mol. The summed E-state index contributed by atoms with van der Waals surface area (Å²) in [5, 5.41) is 5.10. The average molecular weight is 541 g/mol. The summed E-state index contributed by atoms with van der Waals surface area (Å²) in [5.41, 5.74) is 0.874. The Morgan fingerprint density at radius 2 is 1.80 bits per heavy atom. The third-order valence-corrected chi connectivity index (χ3v) is 6.87. The van der Waals surface area contributed by atoms with Gasteiger partial charge in [0.1, 0.15) is 17.5 Å². The van der Waals surface area contributed by atoms with Gasteiger partial charge in [-0.15, -0.1) is 0 Å². The second-order valence-corrected chi connectivity index (χ2v) is 9.30. The maximum atomic E-state index is 13.5. The first-order chi connectivity index (χ1) is 16.9. The van der Waals surface area contributed by atoms with Gasteiger partial charge >= 0.3 is 0 Å². The Kier molecular flexibility index (Phi) is 9.55. The largest absolute Gasteiger partial charge is 0.497 e. The lowest BCUT2D eigenvalue weighted by Gasteiger charge is -2.31. The number of halogens is 1. The molecule has 2 amide bonds. The summed E-state index contributed by atoms with van der Waals surface area (Å²) in [4.78, 5) is 28.2. The second-order valence-electron chi connectivity index (χ2n) is 8.50. The fourth-order valence-corrected chi connectivity index (χ4v) is 4.48. The quantitative estimate of drug-likeness (QED) is 0.338. The zero-order chi connectivity index (χ0) is 25.4. The highest BCUT2D eigenvalue weighted by atomic mass is 79.9. The number of hydrogen-bond acceptors (Lipinski definition) is 4. The van der Waals surface area contributed by atoms with Gasteiger partial charge in [0.25, 0.3) is 5.91 Å². The Morgan fingerprint density at radius 1 is 1.03 bits per heavy atom. The van der Waals surface area contributed by atoms with E-state index in [1.165, 1.54) is 0 Å². The van der Waals surface area contributed by atoms with Crippen LogP contribution in [0.2, 0.25) is 0 Å². The van der Waals surface area contributed by atoms with Crippen LogP contribution in [-0.4, -0.2) is 42.5 Å². The van der Waals surface area contributed by atoms with E-state index in [9.17, 15) is 9.59 Å². The Morgan fingerprint density at radius 3 is 2.51 bits per heavy atom. The van der Waals surface area contributed by atoms with E-state index >= 15 is 0 Å². The lowest BCUT2D eigenvalue weighted by Crippen LogP contribution is -2.51. The number of carbonyl (C=O) groups is 2. The van der Waals surface area contributed by atoms with Crippen molar-refractivity contribution in [2.75, 3.05) is 13.7 Å². The van der Waals surface area contributed by atoms with Crippen LogP contribution in [0.15, 0.2) is 65.1 Å². The summed E-state index contributed by atoms with van der Waals surface area (Å²) in [6.07, 6.45) is 1.29. The fraction of sp³-hybridized carbons (Fsp3) is 0.357. The second kappa shape index (κ2) is 12.6. The average Bonchev–Trinajstić information content (AvgIpc) is 2.88. The molecule has 0 unspecified atom stereocenters. The minimum absolute atomic E-state index is 0.0233. The summed E-state index contributed by atoms with van der Waals surface area (Å²) in [7, 11) is 1.60. The molecule has 0 bridgehead atoms. The van der Waals surface area contributed by atoms with Crippen molar-refractivity contribution >= 4 is 38.5 Å². The van der Waals surface area contributed by atoms with Crippen LogP contribution < -0.4 is 14.8 Å². The molecule has 0 heterocycles. The van der Waals surface area contributed by atoms with E-state index < -0.39 is 6.04 Å². The standard InChI is InChI=1S/C28H33BrN2O4/c1-5-19(3)30-28(33)24(6-2)31(17-20-10-9-12-22(16-20)34-4)26(32)18-35-25-15-14-21-11-7-8-13-23(21)27(25)29/h7-16,19,24H,5-6,17-18H2,1-4H3,(H,30,33)/t19-,24+/m1/s1. The highest BCUT2D eigenvalue weighted by Gasteiger charge is 2.29. The lowest BCUT2D eigenvalue weighted by atomic mass is 10.1. The first-order valence-corrected chi connectivity index (χ1v) is 12.7. The van der Waals surface area contributed by atoms with Gasteiger partial charge in [0.2, 0.25) is 5.91 Å². The number of nitrogens with one attached hydrogen (secondary N) is 1. The molecular formula is C28H33BrN2O4. The van der Waals surface area contributed by atoms with Crippen molar-refractivity contribution in [3.63, 3.8) is 0 Å². The van der Waals surface area contributed by atoms with Crippen LogP contribution in [0.5, 0.6) is 11.5 Å². The predicted molar refractivity (Wildman–Crippen MR) is 143 cm³/mol. The van der Waals surface area contributed by atoms with Gasteiger partial charge in [-0.2, -0.15) is 0 Å². The number of nitrogens with zero attached hydrogens (tertiary/aromatic N) is 1. The third-order valence-electron chi connectivity index (χ3n) is 6.05. The predicted octanol–water partition coefficient (Wildman–Crippen LogP) is 5.71. The zero-order valence-electron chi connectivity index (χ0n) is 20.7. The molecule has 2 atom stereocenters. The van der Waals surface area contributed by atoms with Gasteiger partial charge in [-0.1, -0.05) is 56.3 Å². The molecule has 0 aliphatic heterocycles. The van der Waals surface area contributed by atoms with Crippen LogP contribution in [0, 0.1) is 0 Å². The number of benzene rings is 3. The van der Waals surface area contributed by atoms with E-state index in [0.29, 0.717) is 17.9 Å². The number of carbonyl (C=O) groups excluding carboxylic acids is 2. The zero-order valence-corrected chi connectivity index (χ0v) is 22.3. The maximum Gasteiger partial charge on any atom is 0.261 e. The summed E-state index contributed by atoms with van der Waals surface area (Å²) in [6.45, 7) is 5.96. The molecule has 0 aliphatic rings. The van der Waals surface area contributed by atoms with Crippen molar-refractivity contribution in [2.45, 2.75) is 52.2 Å². The van der Waals surface area contributed by atoms with Crippen LogP contribution in [0.4, 0.5) is 0 Å². The fourth-order valence-electron chi connectivity index (χ4n) is 3.88. The molecule has 35 heavy (non-hydrogen) atoms. The van der Waals surface area contributed by atoms with Crippen molar-refractivity contribution in [2.24, 2.45) is 0 Å². The minimum Gasteiger partial charge on any atom is -0.497 e. The van der Waals surface area contributed by atoms with E-state index in [1.807, 2.05) is 81.4 Å². The minimum atomic E-state index is -0.619. The van der Waals surface area contributed by atoms with Crippen molar-refractivity contribution < 1.29 is 19.1 Å². The van der Waals surface area contributed by atoms with Gasteiger partial charge in [0.05, 0.1) is 11.6 Å². The van der Waals surface area contributed by atoms with Gasteiger partial charge in [-0.3, -0.25) is 9.59 Å². The molecule has 6 nitrogen and oxygen atoms in total. The Bertz CT molecular complexity index is 1170. The molecule has 7 heteroatoms. The molecule has 0 fully saturated rings. The molecule has 0 aromatic heterocycles. The molecule has 3 rings (SSSR count). The van der Waals surface area contributed by atoms with Crippen LogP contribution >= 0.6 is 15.9 Å². The van der Waals surface area contributed by atoms with E-state index in [2.05, 4.69) is 21.2 Å². The summed E-state index contributed by atoms with van der Waals surface area (Å²) >= 11 is 3.61. The Balaban J connectivity index is 1.84. The number of fused-ring (bicyclic) bond motifs is 1. The first kappa shape index (κ1) is 26.5. The van der Waals surface area contributed by atoms with Crippen molar-refractivity contribution in [3.05, 3.63) is 70.7 Å². The molecule has 0 spiro atoms. The monoisotopic (exact) mass is 540 g/mol. The molecule has 1 N–H and O–H groups in total.